The van der Waals surface area contributed by atoms with Gasteiger partial charge in [0.05, 0.1) is 17.1 Å². The summed E-state index contributed by atoms with van der Waals surface area (Å²) in [5.74, 6) is -2.12. The molecule has 0 atom stereocenters. The zero-order valence-corrected chi connectivity index (χ0v) is 11.0. The third kappa shape index (κ3) is 2.14. The second-order valence-electron chi connectivity index (χ2n) is 5.02. The minimum Gasteiger partial charge on any atom is -0.449 e. The smallest absolute Gasteiger partial charge is 0.449 e. The molecule has 0 bridgehead atoms. The largest absolute Gasteiger partial charge is 0.511 e. The van der Waals surface area contributed by atoms with Crippen molar-refractivity contribution in [3.63, 3.8) is 0 Å². The normalized spacial score (nSPS) is 14.4. The highest BCUT2D eigenvalue weighted by molar-refractivity contribution is 5.82. The first kappa shape index (κ1) is 13.5. The van der Waals surface area contributed by atoms with Crippen LogP contribution in [0.3, 0.4) is 0 Å². The third-order valence-corrected chi connectivity index (χ3v) is 3.54. The molecule has 7 heteroatoms. The number of halogens is 2. The molecule has 0 radical (unpaired) electrons. The molecule has 1 aromatic heterocycles. The van der Waals surface area contributed by atoms with E-state index in [9.17, 15) is 18.4 Å². The lowest BCUT2D eigenvalue weighted by atomic mass is 10.1. The van der Waals surface area contributed by atoms with Gasteiger partial charge in [-0.2, -0.15) is 0 Å². The van der Waals surface area contributed by atoms with Crippen LogP contribution in [0.4, 0.5) is 13.6 Å². The Morgan fingerprint density at radius 1 is 1.43 bits per heavy atom. The second-order valence-corrected chi connectivity index (χ2v) is 5.02. The standard InChI is InChI=1S/C14H11F2NO4/c1-6-9(15)4-8-12(11(6)16)17(7-2-3-7)5-10(13(8)18)21-14(19)20/h4-5,7H,2-3H2,1H3,(H,19,20). The average Bonchev–Trinajstić information content (AvgIpc) is 3.23. The van der Waals surface area contributed by atoms with Crippen molar-refractivity contribution in [3.05, 3.63) is 39.7 Å². The topological polar surface area (TPSA) is 68.5 Å². The van der Waals surface area contributed by atoms with Crippen molar-refractivity contribution < 1.29 is 23.4 Å². The Labute approximate surface area is 117 Å². The molecule has 21 heavy (non-hydrogen) atoms. The molecule has 2 aromatic rings. The number of hydrogen-bond acceptors (Lipinski definition) is 3. The monoisotopic (exact) mass is 295 g/mol. The molecule has 1 aliphatic carbocycles. The molecule has 3 rings (SSSR count). The van der Waals surface area contributed by atoms with Crippen LogP contribution in [-0.2, 0) is 0 Å². The fourth-order valence-electron chi connectivity index (χ4n) is 2.32. The van der Waals surface area contributed by atoms with Crippen LogP contribution in [0.15, 0.2) is 17.1 Å². The Morgan fingerprint density at radius 2 is 2.10 bits per heavy atom. The van der Waals surface area contributed by atoms with E-state index in [1.807, 2.05) is 0 Å². The number of ether oxygens (including phenoxy) is 1. The van der Waals surface area contributed by atoms with Crippen molar-refractivity contribution in [3.8, 4) is 5.75 Å². The summed E-state index contributed by atoms with van der Waals surface area (Å²) >= 11 is 0. The molecule has 1 saturated carbocycles. The molecule has 5 nitrogen and oxygen atoms in total. The third-order valence-electron chi connectivity index (χ3n) is 3.54. The van der Waals surface area contributed by atoms with Crippen LogP contribution in [0, 0.1) is 18.6 Å². The van der Waals surface area contributed by atoms with E-state index in [1.165, 1.54) is 17.7 Å². The van der Waals surface area contributed by atoms with E-state index in [0.29, 0.717) is 0 Å². The first-order chi connectivity index (χ1) is 9.90. The molecule has 1 aliphatic rings. The number of nitrogens with zero attached hydrogens (tertiary/aromatic N) is 1. The maximum absolute atomic E-state index is 14.3. The summed E-state index contributed by atoms with van der Waals surface area (Å²) in [7, 11) is 0. The SMILES string of the molecule is Cc1c(F)cc2c(=O)c(OC(=O)O)cn(C3CC3)c2c1F. The fourth-order valence-corrected chi connectivity index (χ4v) is 2.32. The van der Waals surface area contributed by atoms with Gasteiger partial charge >= 0.3 is 6.16 Å². The summed E-state index contributed by atoms with van der Waals surface area (Å²) in [5, 5.41) is 8.42. The van der Waals surface area contributed by atoms with Crippen molar-refractivity contribution in [2.24, 2.45) is 0 Å². The Kier molecular flexibility index (Phi) is 2.93. The van der Waals surface area contributed by atoms with E-state index in [2.05, 4.69) is 4.74 Å². The Balaban J connectivity index is 2.40. The zero-order valence-electron chi connectivity index (χ0n) is 11.0. The number of hydrogen-bond donors (Lipinski definition) is 1. The van der Waals surface area contributed by atoms with Gasteiger partial charge in [-0.3, -0.25) is 4.79 Å². The molecular formula is C14H11F2NO4. The van der Waals surface area contributed by atoms with E-state index in [1.54, 1.807) is 0 Å². The molecule has 1 aromatic carbocycles. The van der Waals surface area contributed by atoms with Crippen molar-refractivity contribution in [2.45, 2.75) is 25.8 Å². The van der Waals surface area contributed by atoms with Crippen LogP contribution in [0.25, 0.3) is 10.9 Å². The summed E-state index contributed by atoms with van der Waals surface area (Å²) < 4.78 is 33.9. The maximum Gasteiger partial charge on any atom is 0.511 e. The fraction of sp³-hybridized carbons (Fsp3) is 0.286. The van der Waals surface area contributed by atoms with Crippen LogP contribution >= 0.6 is 0 Å². The first-order valence-corrected chi connectivity index (χ1v) is 6.34. The van der Waals surface area contributed by atoms with Gasteiger partial charge in [0.1, 0.15) is 5.82 Å². The van der Waals surface area contributed by atoms with Crippen LogP contribution in [-0.4, -0.2) is 15.8 Å². The summed E-state index contributed by atoms with van der Waals surface area (Å²) in [6.45, 7) is 1.29. The van der Waals surface area contributed by atoms with Crippen LogP contribution in [0.1, 0.15) is 24.4 Å². The lowest BCUT2D eigenvalue weighted by Gasteiger charge is -2.14. The lowest BCUT2D eigenvalue weighted by Crippen LogP contribution is -2.17. The number of carboxylic acid groups (broad SMARTS) is 1. The first-order valence-electron chi connectivity index (χ1n) is 6.34. The van der Waals surface area contributed by atoms with Gasteiger partial charge in [0.2, 0.25) is 5.43 Å². The number of rotatable bonds is 2. The van der Waals surface area contributed by atoms with E-state index >= 15 is 0 Å². The minimum absolute atomic E-state index is 0.0147. The molecule has 110 valence electrons. The Hall–Kier alpha value is -2.44. The summed E-state index contributed by atoms with van der Waals surface area (Å²) in [4.78, 5) is 22.8. The molecule has 1 N–H and O–H groups in total. The van der Waals surface area contributed by atoms with Gasteiger partial charge in [0.25, 0.3) is 0 Å². The molecule has 0 amide bonds. The van der Waals surface area contributed by atoms with Gasteiger partial charge in [0, 0.05) is 11.6 Å². The molecule has 0 aliphatic heterocycles. The molecule has 1 heterocycles. The number of fused-ring (bicyclic) bond motifs is 1. The van der Waals surface area contributed by atoms with Crippen LogP contribution in [0.2, 0.25) is 0 Å². The molecule has 0 saturated heterocycles. The molecule has 0 unspecified atom stereocenters. The van der Waals surface area contributed by atoms with Crippen LogP contribution < -0.4 is 10.2 Å². The van der Waals surface area contributed by atoms with Gasteiger partial charge < -0.3 is 14.4 Å². The maximum atomic E-state index is 14.3. The predicted molar refractivity (Wildman–Crippen MR) is 69.8 cm³/mol. The van der Waals surface area contributed by atoms with Gasteiger partial charge in [-0.1, -0.05) is 0 Å². The number of carbonyl (C=O) groups is 1. The van der Waals surface area contributed by atoms with E-state index in [-0.39, 0.29) is 22.5 Å². The van der Waals surface area contributed by atoms with E-state index in [4.69, 9.17) is 5.11 Å². The Morgan fingerprint density at radius 3 is 2.67 bits per heavy atom. The lowest BCUT2D eigenvalue weighted by molar-refractivity contribution is 0.143. The highest BCUT2D eigenvalue weighted by atomic mass is 19.1. The predicted octanol–water partition coefficient (Wildman–Crippen LogP) is 2.98. The highest BCUT2D eigenvalue weighted by Crippen LogP contribution is 2.38. The molecular weight excluding hydrogens is 284 g/mol. The van der Waals surface area contributed by atoms with Crippen LogP contribution in [0.5, 0.6) is 5.75 Å². The zero-order chi connectivity index (χ0) is 15.3. The number of benzene rings is 1. The van der Waals surface area contributed by atoms with Crippen molar-refractivity contribution in [2.75, 3.05) is 0 Å². The molecule has 0 spiro atoms. The summed E-state index contributed by atoms with van der Waals surface area (Å²) in [6, 6.07) is 0.882. The molecule has 1 fully saturated rings. The Bertz CT molecular complexity index is 824. The quantitative estimate of drug-likeness (QED) is 0.865. The van der Waals surface area contributed by atoms with E-state index in [0.717, 1.165) is 18.9 Å². The van der Waals surface area contributed by atoms with Gasteiger partial charge in [-0.15, -0.1) is 0 Å². The highest BCUT2D eigenvalue weighted by Gasteiger charge is 2.28. The second kappa shape index (κ2) is 4.54. The average molecular weight is 295 g/mol. The van der Waals surface area contributed by atoms with Gasteiger partial charge in [-0.05, 0) is 25.8 Å². The summed E-state index contributed by atoms with van der Waals surface area (Å²) in [6.07, 6.45) is 1.08. The van der Waals surface area contributed by atoms with E-state index < -0.39 is 29.0 Å². The van der Waals surface area contributed by atoms with Crippen molar-refractivity contribution in [1.29, 1.82) is 0 Å². The van der Waals surface area contributed by atoms with Crippen molar-refractivity contribution >= 4 is 17.1 Å². The number of aromatic nitrogens is 1. The van der Waals surface area contributed by atoms with Gasteiger partial charge in [-0.25, -0.2) is 13.6 Å². The minimum atomic E-state index is -1.65. The summed E-state index contributed by atoms with van der Waals surface area (Å²) in [5.41, 5.74) is -1.04. The van der Waals surface area contributed by atoms with Gasteiger partial charge in [0.15, 0.2) is 11.6 Å². The van der Waals surface area contributed by atoms with Crippen molar-refractivity contribution in [1.82, 2.24) is 4.57 Å². The number of pyridine rings is 1.